The molecule has 0 spiro atoms. The van der Waals surface area contributed by atoms with Crippen molar-refractivity contribution >= 4 is 6.03 Å². The van der Waals surface area contributed by atoms with Crippen molar-refractivity contribution in [2.75, 3.05) is 26.6 Å². The summed E-state index contributed by atoms with van der Waals surface area (Å²) >= 11 is 0. The Morgan fingerprint density at radius 2 is 1.96 bits per heavy atom. The number of amides is 2. The van der Waals surface area contributed by atoms with Crippen molar-refractivity contribution in [3.05, 3.63) is 23.8 Å². The topological polar surface area (TPSA) is 78.1 Å². The standard InChI is InChI=1S/C17H24N2O5/c1-12(8-17(2)23-5-6-24-17)9-18-16(20)19-10-13-3-4-14-15(7-13)22-11-21-14/h3-4,7,12H,5-6,8-11H2,1-2H3,(H2,18,19,20)/t12-/m1/s1. The van der Waals surface area contributed by atoms with Crippen LogP contribution in [0.3, 0.4) is 0 Å². The molecule has 2 aliphatic heterocycles. The molecule has 7 nitrogen and oxygen atoms in total. The quantitative estimate of drug-likeness (QED) is 0.831. The Balaban J connectivity index is 1.38. The van der Waals surface area contributed by atoms with Crippen LogP contribution in [-0.2, 0) is 16.0 Å². The van der Waals surface area contributed by atoms with E-state index in [4.69, 9.17) is 18.9 Å². The van der Waals surface area contributed by atoms with Gasteiger partial charge < -0.3 is 29.6 Å². The molecule has 1 aromatic rings. The Morgan fingerprint density at radius 1 is 1.21 bits per heavy atom. The summed E-state index contributed by atoms with van der Waals surface area (Å²) in [6, 6.07) is 5.44. The van der Waals surface area contributed by atoms with Crippen LogP contribution in [0, 0.1) is 5.92 Å². The van der Waals surface area contributed by atoms with E-state index in [0.717, 1.165) is 17.7 Å². The predicted octanol–water partition coefficient (Wildman–Crippen LogP) is 2.00. The molecule has 0 aromatic heterocycles. The third-order valence-corrected chi connectivity index (χ3v) is 4.12. The van der Waals surface area contributed by atoms with E-state index in [2.05, 4.69) is 17.6 Å². The molecule has 7 heteroatoms. The molecule has 3 rings (SSSR count). The lowest BCUT2D eigenvalue weighted by Crippen LogP contribution is -2.39. The highest BCUT2D eigenvalue weighted by Crippen LogP contribution is 2.32. The third-order valence-electron chi connectivity index (χ3n) is 4.12. The van der Waals surface area contributed by atoms with Crippen LogP contribution >= 0.6 is 0 Å². The third kappa shape index (κ3) is 4.30. The first-order valence-electron chi connectivity index (χ1n) is 8.22. The van der Waals surface area contributed by atoms with Gasteiger partial charge in [0.25, 0.3) is 0 Å². The van der Waals surface area contributed by atoms with E-state index in [9.17, 15) is 4.79 Å². The lowest BCUT2D eigenvalue weighted by Gasteiger charge is -2.26. The van der Waals surface area contributed by atoms with Crippen LogP contribution in [0.5, 0.6) is 11.5 Å². The van der Waals surface area contributed by atoms with Gasteiger partial charge in [-0.25, -0.2) is 4.79 Å². The molecule has 0 unspecified atom stereocenters. The van der Waals surface area contributed by atoms with Gasteiger partial charge in [0.1, 0.15) is 0 Å². The first-order chi connectivity index (χ1) is 11.5. The molecule has 2 amide bonds. The molecular formula is C17H24N2O5. The summed E-state index contributed by atoms with van der Waals surface area (Å²) < 4.78 is 21.8. The number of carbonyl (C=O) groups excluding carboxylic acids is 1. The van der Waals surface area contributed by atoms with Crippen LogP contribution in [0.1, 0.15) is 25.8 Å². The van der Waals surface area contributed by atoms with Gasteiger partial charge in [0.15, 0.2) is 17.3 Å². The molecule has 24 heavy (non-hydrogen) atoms. The highest BCUT2D eigenvalue weighted by molar-refractivity contribution is 5.73. The van der Waals surface area contributed by atoms with Gasteiger partial charge in [-0.2, -0.15) is 0 Å². The maximum atomic E-state index is 11.9. The number of hydrogen-bond acceptors (Lipinski definition) is 5. The van der Waals surface area contributed by atoms with E-state index in [-0.39, 0.29) is 18.7 Å². The zero-order valence-electron chi connectivity index (χ0n) is 14.1. The molecule has 1 saturated heterocycles. The lowest BCUT2D eigenvalue weighted by atomic mass is 10.0. The number of fused-ring (bicyclic) bond motifs is 1. The van der Waals surface area contributed by atoms with E-state index in [1.54, 1.807) is 0 Å². The van der Waals surface area contributed by atoms with Gasteiger partial charge in [-0.3, -0.25) is 0 Å². The van der Waals surface area contributed by atoms with Crippen molar-refractivity contribution in [1.82, 2.24) is 10.6 Å². The average molecular weight is 336 g/mol. The van der Waals surface area contributed by atoms with Crippen molar-refractivity contribution in [2.24, 2.45) is 5.92 Å². The highest BCUT2D eigenvalue weighted by atomic mass is 16.7. The molecule has 1 aromatic carbocycles. The molecule has 2 aliphatic rings. The largest absolute Gasteiger partial charge is 0.454 e. The number of ether oxygens (including phenoxy) is 4. The van der Waals surface area contributed by atoms with Gasteiger partial charge in [0.2, 0.25) is 6.79 Å². The number of benzene rings is 1. The monoisotopic (exact) mass is 336 g/mol. The first-order valence-corrected chi connectivity index (χ1v) is 8.22. The number of rotatable bonds is 6. The van der Waals surface area contributed by atoms with Gasteiger partial charge in [0.05, 0.1) is 13.2 Å². The molecule has 0 radical (unpaired) electrons. The van der Waals surface area contributed by atoms with Crippen LogP contribution in [0.2, 0.25) is 0 Å². The average Bonchev–Trinajstić information content (AvgIpc) is 3.19. The van der Waals surface area contributed by atoms with Crippen LogP contribution in [0.25, 0.3) is 0 Å². The van der Waals surface area contributed by atoms with E-state index < -0.39 is 5.79 Å². The molecule has 0 bridgehead atoms. The van der Waals surface area contributed by atoms with E-state index in [0.29, 0.717) is 32.1 Å². The van der Waals surface area contributed by atoms with Crippen LogP contribution in [0.15, 0.2) is 18.2 Å². The molecule has 1 fully saturated rings. The summed E-state index contributed by atoms with van der Waals surface area (Å²) in [7, 11) is 0. The zero-order valence-corrected chi connectivity index (χ0v) is 14.1. The summed E-state index contributed by atoms with van der Waals surface area (Å²) in [5.74, 6) is 1.18. The lowest BCUT2D eigenvalue weighted by molar-refractivity contribution is -0.153. The molecular weight excluding hydrogens is 312 g/mol. The van der Waals surface area contributed by atoms with Crippen LogP contribution in [-0.4, -0.2) is 38.4 Å². The van der Waals surface area contributed by atoms with Crippen molar-refractivity contribution in [2.45, 2.75) is 32.6 Å². The van der Waals surface area contributed by atoms with Gasteiger partial charge >= 0.3 is 6.03 Å². The summed E-state index contributed by atoms with van der Waals surface area (Å²) in [6.07, 6.45) is 0.745. The Hall–Kier alpha value is -1.99. The number of urea groups is 1. The SMILES string of the molecule is C[C@@H](CNC(=O)NCc1ccc2c(c1)OCO2)CC1(C)OCCO1. The Kier molecular flexibility index (Phi) is 5.11. The Morgan fingerprint density at radius 3 is 2.75 bits per heavy atom. The summed E-state index contributed by atoms with van der Waals surface area (Å²) in [4.78, 5) is 11.9. The second kappa shape index (κ2) is 7.27. The van der Waals surface area contributed by atoms with E-state index >= 15 is 0 Å². The second-order valence-electron chi connectivity index (χ2n) is 6.39. The van der Waals surface area contributed by atoms with Crippen molar-refractivity contribution in [3.63, 3.8) is 0 Å². The Labute approximate surface area is 141 Å². The van der Waals surface area contributed by atoms with Crippen molar-refractivity contribution in [3.8, 4) is 11.5 Å². The smallest absolute Gasteiger partial charge is 0.315 e. The number of hydrogen-bond donors (Lipinski definition) is 2. The predicted molar refractivity (Wildman–Crippen MR) is 86.9 cm³/mol. The van der Waals surface area contributed by atoms with Crippen molar-refractivity contribution in [1.29, 1.82) is 0 Å². The molecule has 1 atom stereocenters. The molecule has 2 heterocycles. The minimum absolute atomic E-state index is 0.196. The summed E-state index contributed by atoms with van der Waals surface area (Å²) in [6.45, 7) is 6.51. The van der Waals surface area contributed by atoms with E-state index in [1.165, 1.54) is 0 Å². The minimum Gasteiger partial charge on any atom is -0.454 e. The fourth-order valence-electron chi connectivity index (χ4n) is 2.94. The summed E-state index contributed by atoms with van der Waals surface area (Å²) in [5, 5.41) is 5.72. The number of carbonyl (C=O) groups is 1. The normalized spacial score (nSPS) is 19.1. The van der Waals surface area contributed by atoms with E-state index in [1.807, 2.05) is 25.1 Å². The van der Waals surface area contributed by atoms with Crippen LogP contribution < -0.4 is 20.1 Å². The highest BCUT2D eigenvalue weighted by Gasteiger charge is 2.32. The Bertz CT molecular complexity index is 586. The van der Waals surface area contributed by atoms with Crippen LogP contribution in [0.4, 0.5) is 4.79 Å². The van der Waals surface area contributed by atoms with Gasteiger partial charge in [-0.05, 0) is 30.5 Å². The zero-order chi connectivity index (χ0) is 17.0. The molecule has 0 saturated carbocycles. The summed E-state index contributed by atoms with van der Waals surface area (Å²) in [5.41, 5.74) is 0.961. The maximum absolute atomic E-state index is 11.9. The fraction of sp³-hybridized carbons (Fsp3) is 0.588. The first kappa shape index (κ1) is 16.9. The second-order valence-corrected chi connectivity index (χ2v) is 6.39. The van der Waals surface area contributed by atoms with Gasteiger partial charge in [0, 0.05) is 19.5 Å². The fourth-order valence-corrected chi connectivity index (χ4v) is 2.94. The molecule has 2 N–H and O–H groups in total. The maximum Gasteiger partial charge on any atom is 0.315 e. The van der Waals surface area contributed by atoms with Crippen molar-refractivity contribution < 1.29 is 23.7 Å². The van der Waals surface area contributed by atoms with Gasteiger partial charge in [-0.15, -0.1) is 0 Å². The number of nitrogens with one attached hydrogen (secondary N) is 2. The minimum atomic E-state index is -0.524. The molecule has 0 aliphatic carbocycles. The van der Waals surface area contributed by atoms with Gasteiger partial charge in [-0.1, -0.05) is 13.0 Å². The molecule has 132 valence electrons.